The van der Waals surface area contributed by atoms with Gasteiger partial charge in [0.15, 0.2) is 0 Å². The summed E-state index contributed by atoms with van der Waals surface area (Å²) in [4.78, 5) is 0. The highest BCUT2D eigenvalue weighted by Crippen LogP contribution is 2.22. The molecule has 0 fully saturated rings. The van der Waals surface area contributed by atoms with Gasteiger partial charge in [-0.15, -0.1) is 0 Å². The summed E-state index contributed by atoms with van der Waals surface area (Å²) in [6.45, 7) is 0. The lowest BCUT2D eigenvalue weighted by molar-refractivity contribution is 0.625. The van der Waals surface area contributed by atoms with Crippen molar-refractivity contribution in [3.8, 4) is 22.8 Å². The fraction of sp³-hybridized carbons (Fsp3) is 0. The normalized spacial score (nSPS) is 11.3. The van der Waals surface area contributed by atoms with E-state index in [0.29, 0.717) is 21.9 Å². The zero-order valence-corrected chi connectivity index (χ0v) is 14.2. The van der Waals surface area contributed by atoms with Crippen molar-refractivity contribution >= 4 is 18.4 Å². The van der Waals surface area contributed by atoms with Gasteiger partial charge in [-0.1, -0.05) is 48.5 Å². The molecule has 128 valence electrons. The average Bonchev–Trinajstić information content (AvgIpc) is 3.29. The quantitative estimate of drug-likeness (QED) is 0.424. The van der Waals surface area contributed by atoms with E-state index in [-0.39, 0.29) is 5.82 Å². The van der Waals surface area contributed by atoms with E-state index >= 15 is 0 Å². The molecule has 4 aromatic rings. The molecule has 0 unspecified atom stereocenters. The maximum Gasteiger partial charge on any atom is 0.216 e. The molecule has 2 N–H and O–H groups in total. The highest BCUT2D eigenvalue weighted by Gasteiger charge is 2.12. The molecular formula is C18H13FN6S. The number of hydrogen-bond acceptors (Lipinski definition) is 4. The minimum Gasteiger partial charge on any atom is -0.274 e. The Morgan fingerprint density at radius 1 is 1.00 bits per heavy atom. The van der Waals surface area contributed by atoms with E-state index in [9.17, 15) is 4.39 Å². The van der Waals surface area contributed by atoms with Crippen molar-refractivity contribution in [3.63, 3.8) is 0 Å². The van der Waals surface area contributed by atoms with Crippen molar-refractivity contribution in [2.45, 2.75) is 0 Å². The van der Waals surface area contributed by atoms with Gasteiger partial charge in [0, 0.05) is 11.1 Å². The SMILES string of the molecule is Fc1ccccc1/C=N\n1c(-c2cc(-c3ccccc3)n[nH]2)n[nH]c1=S. The van der Waals surface area contributed by atoms with E-state index in [0.717, 1.165) is 11.3 Å². The maximum atomic E-state index is 13.8. The Balaban J connectivity index is 1.70. The predicted octanol–water partition coefficient (Wildman–Crippen LogP) is 4.02. The van der Waals surface area contributed by atoms with Crippen LogP contribution in [0, 0.1) is 10.6 Å². The Labute approximate surface area is 153 Å². The second kappa shape index (κ2) is 6.85. The highest BCUT2D eigenvalue weighted by atomic mass is 32.1. The minimum atomic E-state index is -0.360. The number of rotatable bonds is 4. The Kier molecular flexibility index (Phi) is 4.24. The van der Waals surface area contributed by atoms with Gasteiger partial charge in [-0.3, -0.25) is 5.10 Å². The first kappa shape index (κ1) is 16.1. The molecule has 0 saturated heterocycles. The summed E-state index contributed by atoms with van der Waals surface area (Å²) in [5.74, 6) is 0.0954. The summed E-state index contributed by atoms with van der Waals surface area (Å²) in [7, 11) is 0. The number of halogens is 1. The predicted molar refractivity (Wildman–Crippen MR) is 99.8 cm³/mol. The van der Waals surface area contributed by atoms with E-state index < -0.39 is 0 Å². The molecule has 0 atom stereocenters. The first-order chi connectivity index (χ1) is 12.7. The van der Waals surface area contributed by atoms with Crippen LogP contribution in [-0.4, -0.2) is 31.3 Å². The van der Waals surface area contributed by atoms with Crippen LogP contribution < -0.4 is 0 Å². The third-order valence-electron chi connectivity index (χ3n) is 3.76. The van der Waals surface area contributed by atoms with Crippen LogP contribution in [0.25, 0.3) is 22.8 Å². The third kappa shape index (κ3) is 3.09. The van der Waals surface area contributed by atoms with Crippen LogP contribution in [0.2, 0.25) is 0 Å². The number of aromatic amines is 2. The minimum absolute atomic E-state index is 0.295. The molecule has 0 saturated carbocycles. The highest BCUT2D eigenvalue weighted by molar-refractivity contribution is 7.71. The molecule has 0 aliphatic rings. The van der Waals surface area contributed by atoms with Crippen molar-refractivity contribution in [2.24, 2.45) is 5.10 Å². The first-order valence-electron chi connectivity index (χ1n) is 7.80. The number of nitrogens with one attached hydrogen (secondary N) is 2. The average molecular weight is 364 g/mol. The smallest absolute Gasteiger partial charge is 0.216 e. The molecule has 0 bridgehead atoms. The van der Waals surface area contributed by atoms with Crippen molar-refractivity contribution < 1.29 is 4.39 Å². The summed E-state index contributed by atoms with van der Waals surface area (Å²) in [6.07, 6.45) is 1.40. The van der Waals surface area contributed by atoms with E-state index in [2.05, 4.69) is 25.5 Å². The zero-order chi connectivity index (χ0) is 17.9. The van der Waals surface area contributed by atoms with E-state index in [4.69, 9.17) is 12.2 Å². The van der Waals surface area contributed by atoms with Gasteiger partial charge in [0.05, 0.1) is 11.9 Å². The fourth-order valence-corrected chi connectivity index (χ4v) is 2.65. The molecule has 0 aliphatic heterocycles. The number of H-pyrrole nitrogens is 2. The Bertz CT molecular complexity index is 1130. The largest absolute Gasteiger partial charge is 0.274 e. The lowest BCUT2D eigenvalue weighted by Crippen LogP contribution is -1.96. The summed E-state index contributed by atoms with van der Waals surface area (Å²) < 4.78 is 15.5. The van der Waals surface area contributed by atoms with Crippen molar-refractivity contribution in [1.29, 1.82) is 0 Å². The Hall–Kier alpha value is -3.39. The maximum absolute atomic E-state index is 13.8. The molecule has 6 nitrogen and oxygen atoms in total. The molecule has 2 aromatic heterocycles. The second-order valence-electron chi connectivity index (χ2n) is 5.46. The van der Waals surface area contributed by atoms with Gasteiger partial charge in [0.1, 0.15) is 11.5 Å². The van der Waals surface area contributed by atoms with E-state index in [1.54, 1.807) is 18.2 Å². The standard InChI is InChI=1S/C18H13FN6S/c19-14-9-5-4-8-13(14)11-20-25-17(23-24-18(25)26)16-10-15(21-22-16)12-6-2-1-3-7-12/h1-11H,(H,21,22)(H,24,26)/b20-11-. The van der Waals surface area contributed by atoms with Crippen LogP contribution in [0.3, 0.4) is 0 Å². The van der Waals surface area contributed by atoms with E-state index in [1.807, 2.05) is 36.4 Å². The van der Waals surface area contributed by atoms with Gasteiger partial charge in [-0.2, -0.15) is 20.0 Å². The van der Waals surface area contributed by atoms with Crippen LogP contribution in [0.15, 0.2) is 65.8 Å². The lowest BCUT2D eigenvalue weighted by Gasteiger charge is -1.98. The van der Waals surface area contributed by atoms with Gasteiger partial charge in [0.25, 0.3) is 0 Å². The van der Waals surface area contributed by atoms with Gasteiger partial charge in [0.2, 0.25) is 10.6 Å². The molecule has 8 heteroatoms. The molecule has 0 radical (unpaired) electrons. The number of benzene rings is 2. The molecule has 2 aromatic carbocycles. The molecule has 2 heterocycles. The van der Waals surface area contributed by atoms with Crippen LogP contribution in [0.4, 0.5) is 4.39 Å². The number of aromatic nitrogens is 5. The second-order valence-corrected chi connectivity index (χ2v) is 5.85. The van der Waals surface area contributed by atoms with Crippen molar-refractivity contribution in [1.82, 2.24) is 25.1 Å². The Morgan fingerprint density at radius 2 is 1.77 bits per heavy atom. The van der Waals surface area contributed by atoms with Crippen molar-refractivity contribution in [2.75, 3.05) is 0 Å². The van der Waals surface area contributed by atoms with E-state index in [1.165, 1.54) is 17.0 Å². The summed E-state index contributed by atoms with van der Waals surface area (Å²) in [6, 6.07) is 18.0. The Morgan fingerprint density at radius 3 is 2.58 bits per heavy atom. The van der Waals surface area contributed by atoms with Crippen LogP contribution in [0.1, 0.15) is 5.56 Å². The third-order valence-corrected chi connectivity index (χ3v) is 4.02. The summed E-state index contributed by atoms with van der Waals surface area (Å²) in [5, 5.41) is 18.4. The lowest BCUT2D eigenvalue weighted by atomic mass is 10.1. The molecule has 0 spiro atoms. The summed E-state index contributed by atoms with van der Waals surface area (Å²) >= 11 is 5.22. The molecule has 4 rings (SSSR count). The van der Waals surface area contributed by atoms with Gasteiger partial charge in [-0.25, -0.2) is 9.49 Å². The van der Waals surface area contributed by atoms with Crippen molar-refractivity contribution in [3.05, 3.63) is 76.8 Å². The van der Waals surface area contributed by atoms with Crippen LogP contribution in [-0.2, 0) is 0 Å². The molecule has 0 amide bonds. The monoisotopic (exact) mass is 364 g/mol. The molecule has 0 aliphatic carbocycles. The first-order valence-corrected chi connectivity index (χ1v) is 8.21. The van der Waals surface area contributed by atoms with Gasteiger partial charge in [-0.05, 0) is 24.4 Å². The molecule has 26 heavy (non-hydrogen) atoms. The van der Waals surface area contributed by atoms with Crippen LogP contribution in [0.5, 0.6) is 0 Å². The topological polar surface area (TPSA) is 74.7 Å². The molecular weight excluding hydrogens is 351 g/mol. The van der Waals surface area contributed by atoms with Gasteiger partial charge >= 0.3 is 0 Å². The fourth-order valence-electron chi connectivity index (χ4n) is 2.47. The number of nitrogens with zero attached hydrogens (tertiary/aromatic N) is 4. The summed E-state index contributed by atoms with van der Waals surface area (Å²) in [5.41, 5.74) is 2.75. The van der Waals surface area contributed by atoms with Crippen LogP contribution >= 0.6 is 12.2 Å². The zero-order valence-electron chi connectivity index (χ0n) is 13.4. The van der Waals surface area contributed by atoms with Gasteiger partial charge < -0.3 is 0 Å². The number of hydrogen-bond donors (Lipinski definition) is 2.